The van der Waals surface area contributed by atoms with Crippen LogP contribution in [0, 0.1) is 5.92 Å². The Labute approximate surface area is 75.7 Å². The van der Waals surface area contributed by atoms with E-state index >= 15 is 0 Å². The molecule has 2 nitrogen and oxygen atoms in total. The maximum Gasteiger partial charge on any atom is 0.0587 e. The molecule has 1 atom stereocenters. The lowest BCUT2D eigenvalue weighted by Gasteiger charge is -2.20. The number of nitrogens with one attached hydrogen (secondary N) is 1. The van der Waals surface area contributed by atoms with Gasteiger partial charge in [-0.3, -0.25) is 0 Å². The largest absolute Gasteiger partial charge is 0.395 e. The summed E-state index contributed by atoms with van der Waals surface area (Å²) in [5.41, 5.74) is 1.19. The second-order valence-corrected chi connectivity index (χ2v) is 3.52. The summed E-state index contributed by atoms with van der Waals surface area (Å²) in [7, 11) is 0. The Morgan fingerprint density at radius 2 is 2.08 bits per heavy atom. The van der Waals surface area contributed by atoms with Gasteiger partial charge in [-0.1, -0.05) is 32.9 Å². The zero-order chi connectivity index (χ0) is 9.56. The van der Waals surface area contributed by atoms with Gasteiger partial charge in [0.25, 0.3) is 0 Å². The summed E-state index contributed by atoms with van der Waals surface area (Å²) in [5.74, 6) is 0.472. The van der Waals surface area contributed by atoms with Crippen LogP contribution in [0.2, 0.25) is 0 Å². The van der Waals surface area contributed by atoms with Gasteiger partial charge in [0, 0.05) is 12.6 Å². The fourth-order valence-corrected chi connectivity index (χ4v) is 0.912. The molecule has 0 fully saturated rings. The van der Waals surface area contributed by atoms with Crippen LogP contribution in [0.4, 0.5) is 0 Å². The normalized spacial score (nSPS) is 13.4. The third-order valence-electron chi connectivity index (χ3n) is 2.12. The Morgan fingerprint density at radius 3 is 2.42 bits per heavy atom. The van der Waals surface area contributed by atoms with Crippen molar-refractivity contribution in [3.63, 3.8) is 0 Å². The minimum atomic E-state index is 0.202. The first-order chi connectivity index (χ1) is 5.61. The maximum atomic E-state index is 8.99. The Hall–Kier alpha value is -0.340. The summed E-state index contributed by atoms with van der Waals surface area (Å²) in [5, 5.41) is 12.3. The van der Waals surface area contributed by atoms with Crippen LogP contribution in [-0.2, 0) is 0 Å². The van der Waals surface area contributed by atoms with Crippen molar-refractivity contribution in [1.82, 2.24) is 5.32 Å². The lowest BCUT2D eigenvalue weighted by atomic mass is 10.1. The highest BCUT2D eigenvalue weighted by Crippen LogP contribution is 2.01. The van der Waals surface area contributed by atoms with E-state index in [9.17, 15) is 0 Å². The molecule has 0 aromatic heterocycles. The topological polar surface area (TPSA) is 32.3 Å². The first-order valence-electron chi connectivity index (χ1n) is 4.62. The molecule has 0 rings (SSSR count). The number of hydrogen-bond acceptors (Lipinski definition) is 2. The molecular weight excluding hydrogens is 150 g/mol. The molecule has 0 radical (unpaired) electrons. The Kier molecular flexibility index (Phi) is 6.03. The summed E-state index contributed by atoms with van der Waals surface area (Å²) in [6, 6.07) is 0.202. The molecule has 2 heteroatoms. The van der Waals surface area contributed by atoms with Crippen LogP contribution in [0.25, 0.3) is 0 Å². The SMILES string of the molecule is C=C(CC)CNC(CO)C(C)C. The summed E-state index contributed by atoms with van der Waals surface area (Å²) in [4.78, 5) is 0. The lowest BCUT2D eigenvalue weighted by Crippen LogP contribution is -2.37. The summed E-state index contributed by atoms with van der Waals surface area (Å²) in [6.07, 6.45) is 1.00. The molecule has 72 valence electrons. The number of aliphatic hydroxyl groups is 1. The third kappa shape index (κ3) is 4.52. The van der Waals surface area contributed by atoms with Crippen LogP contribution in [-0.4, -0.2) is 24.3 Å². The molecule has 0 amide bonds. The fourth-order valence-electron chi connectivity index (χ4n) is 0.912. The van der Waals surface area contributed by atoms with E-state index in [4.69, 9.17) is 5.11 Å². The quantitative estimate of drug-likeness (QED) is 0.594. The van der Waals surface area contributed by atoms with Crippen molar-refractivity contribution in [2.24, 2.45) is 5.92 Å². The fraction of sp³-hybridized carbons (Fsp3) is 0.800. The van der Waals surface area contributed by atoms with E-state index in [2.05, 4.69) is 32.7 Å². The average Bonchev–Trinajstić information content (AvgIpc) is 2.04. The molecule has 0 aliphatic carbocycles. The minimum Gasteiger partial charge on any atom is -0.395 e. The van der Waals surface area contributed by atoms with Gasteiger partial charge >= 0.3 is 0 Å². The zero-order valence-corrected chi connectivity index (χ0v) is 8.43. The monoisotopic (exact) mass is 171 g/mol. The first kappa shape index (κ1) is 11.7. The van der Waals surface area contributed by atoms with E-state index in [1.54, 1.807) is 0 Å². The lowest BCUT2D eigenvalue weighted by molar-refractivity contribution is 0.214. The predicted molar refractivity (Wildman–Crippen MR) is 53.1 cm³/mol. The van der Waals surface area contributed by atoms with E-state index in [1.165, 1.54) is 5.57 Å². The molecule has 0 saturated heterocycles. The Balaban J connectivity index is 3.65. The molecule has 1 unspecified atom stereocenters. The molecule has 0 spiro atoms. The van der Waals surface area contributed by atoms with Crippen LogP contribution in [0.15, 0.2) is 12.2 Å². The summed E-state index contributed by atoms with van der Waals surface area (Å²) < 4.78 is 0. The molecule has 12 heavy (non-hydrogen) atoms. The Morgan fingerprint density at radius 1 is 1.50 bits per heavy atom. The van der Waals surface area contributed by atoms with Gasteiger partial charge in [-0.05, 0) is 12.3 Å². The summed E-state index contributed by atoms with van der Waals surface area (Å²) >= 11 is 0. The van der Waals surface area contributed by atoms with Gasteiger partial charge in [0.1, 0.15) is 0 Å². The second-order valence-electron chi connectivity index (χ2n) is 3.52. The smallest absolute Gasteiger partial charge is 0.0587 e. The molecule has 2 N–H and O–H groups in total. The van der Waals surface area contributed by atoms with Gasteiger partial charge in [-0.25, -0.2) is 0 Å². The van der Waals surface area contributed by atoms with Crippen molar-refractivity contribution in [3.8, 4) is 0 Å². The molecule has 0 aliphatic rings. The van der Waals surface area contributed by atoms with Gasteiger partial charge in [0.2, 0.25) is 0 Å². The van der Waals surface area contributed by atoms with Crippen molar-refractivity contribution < 1.29 is 5.11 Å². The van der Waals surface area contributed by atoms with Gasteiger partial charge in [0.15, 0.2) is 0 Å². The highest BCUT2D eigenvalue weighted by atomic mass is 16.3. The molecule has 0 heterocycles. The van der Waals surface area contributed by atoms with Crippen molar-refractivity contribution in [3.05, 3.63) is 12.2 Å². The molecule has 0 saturated carbocycles. The molecule has 0 aromatic carbocycles. The zero-order valence-electron chi connectivity index (χ0n) is 8.43. The number of hydrogen-bond donors (Lipinski definition) is 2. The predicted octanol–water partition coefficient (Wildman–Crippen LogP) is 1.56. The van der Waals surface area contributed by atoms with Crippen LogP contribution < -0.4 is 5.32 Å². The highest BCUT2D eigenvalue weighted by molar-refractivity contribution is 4.95. The molecule has 0 aliphatic heterocycles. The second kappa shape index (κ2) is 6.21. The van der Waals surface area contributed by atoms with Crippen molar-refractivity contribution in [2.75, 3.05) is 13.2 Å². The third-order valence-corrected chi connectivity index (χ3v) is 2.12. The van der Waals surface area contributed by atoms with Crippen molar-refractivity contribution >= 4 is 0 Å². The van der Waals surface area contributed by atoms with E-state index < -0.39 is 0 Å². The van der Waals surface area contributed by atoms with Crippen LogP contribution in [0.5, 0.6) is 0 Å². The first-order valence-corrected chi connectivity index (χ1v) is 4.62. The standard InChI is InChI=1S/C10H21NO/c1-5-9(4)6-11-10(7-12)8(2)3/h8,10-12H,4-7H2,1-3H3. The Bertz CT molecular complexity index is 132. The van der Waals surface area contributed by atoms with Crippen LogP contribution in [0.1, 0.15) is 27.2 Å². The number of rotatable bonds is 6. The van der Waals surface area contributed by atoms with Gasteiger partial charge in [-0.15, -0.1) is 0 Å². The minimum absolute atomic E-state index is 0.202. The van der Waals surface area contributed by atoms with E-state index in [0.29, 0.717) is 5.92 Å². The van der Waals surface area contributed by atoms with Crippen LogP contribution >= 0.6 is 0 Å². The van der Waals surface area contributed by atoms with Crippen molar-refractivity contribution in [1.29, 1.82) is 0 Å². The molecule has 0 aromatic rings. The molecular formula is C10H21NO. The van der Waals surface area contributed by atoms with Crippen molar-refractivity contribution in [2.45, 2.75) is 33.2 Å². The van der Waals surface area contributed by atoms with Gasteiger partial charge in [0.05, 0.1) is 6.61 Å². The number of aliphatic hydroxyl groups excluding tert-OH is 1. The van der Waals surface area contributed by atoms with E-state index in [0.717, 1.165) is 13.0 Å². The van der Waals surface area contributed by atoms with Crippen LogP contribution in [0.3, 0.4) is 0 Å². The van der Waals surface area contributed by atoms with E-state index in [1.807, 2.05) is 0 Å². The highest BCUT2D eigenvalue weighted by Gasteiger charge is 2.10. The molecule has 0 bridgehead atoms. The summed E-state index contributed by atoms with van der Waals surface area (Å²) in [6.45, 7) is 11.2. The maximum absolute atomic E-state index is 8.99. The van der Waals surface area contributed by atoms with Gasteiger partial charge < -0.3 is 10.4 Å². The van der Waals surface area contributed by atoms with E-state index in [-0.39, 0.29) is 12.6 Å². The average molecular weight is 171 g/mol. The van der Waals surface area contributed by atoms with Gasteiger partial charge in [-0.2, -0.15) is 0 Å².